The van der Waals surface area contributed by atoms with Crippen LogP contribution in [-0.4, -0.2) is 8.42 Å². The molecule has 0 aliphatic carbocycles. The van der Waals surface area contributed by atoms with E-state index in [2.05, 4.69) is 20.7 Å². The average molecular weight is 415 g/mol. The van der Waals surface area contributed by atoms with E-state index in [0.717, 1.165) is 12.1 Å². The van der Waals surface area contributed by atoms with Crippen LogP contribution >= 0.6 is 27.5 Å². The SMILES string of the molecule is O=S(=O)(Nc1cc(C(F)(F)F)ccc1Cl)c1cccc(Br)c1. The quantitative estimate of drug-likeness (QED) is 0.775. The zero-order chi connectivity index (χ0) is 16.5. The second kappa shape index (κ2) is 6.10. The van der Waals surface area contributed by atoms with Crippen molar-refractivity contribution in [2.45, 2.75) is 11.1 Å². The third kappa shape index (κ3) is 3.93. The van der Waals surface area contributed by atoms with Crippen molar-refractivity contribution in [2.24, 2.45) is 0 Å². The summed E-state index contributed by atoms with van der Waals surface area (Å²) in [5.41, 5.74) is -1.33. The van der Waals surface area contributed by atoms with Gasteiger partial charge in [0.05, 0.1) is 21.2 Å². The van der Waals surface area contributed by atoms with Crippen molar-refractivity contribution in [1.82, 2.24) is 0 Å². The van der Waals surface area contributed by atoms with E-state index >= 15 is 0 Å². The van der Waals surface area contributed by atoms with Gasteiger partial charge in [0.1, 0.15) is 0 Å². The summed E-state index contributed by atoms with van der Waals surface area (Å²) in [6.07, 6.45) is -4.60. The van der Waals surface area contributed by atoms with E-state index in [1.807, 2.05) is 0 Å². The van der Waals surface area contributed by atoms with Crippen molar-refractivity contribution < 1.29 is 21.6 Å². The molecule has 22 heavy (non-hydrogen) atoms. The van der Waals surface area contributed by atoms with Gasteiger partial charge in [0.25, 0.3) is 10.0 Å². The normalized spacial score (nSPS) is 12.2. The predicted octanol–water partition coefficient (Wildman–Crippen LogP) is 4.92. The minimum atomic E-state index is -4.60. The fourth-order valence-corrected chi connectivity index (χ4v) is 3.51. The molecule has 0 aromatic heterocycles. The molecule has 9 heteroatoms. The van der Waals surface area contributed by atoms with E-state index in [1.54, 1.807) is 6.07 Å². The maximum absolute atomic E-state index is 12.7. The Labute approximate surface area is 138 Å². The largest absolute Gasteiger partial charge is 0.416 e. The van der Waals surface area contributed by atoms with E-state index < -0.39 is 21.8 Å². The number of rotatable bonds is 3. The fraction of sp³-hybridized carbons (Fsp3) is 0.0769. The summed E-state index contributed by atoms with van der Waals surface area (Å²) in [7, 11) is -4.05. The van der Waals surface area contributed by atoms with E-state index in [9.17, 15) is 21.6 Å². The highest BCUT2D eigenvalue weighted by Gasteiger charge is 2.31. The van der Waals surface area contributed by atoms with Gasteiger partial charge in [-0.2, -0.15) is 13.2 Å². The van der Waals surface area contributed by atoms with Crippen molar-refractivity contribution in [2.75, 3.05) is 4.72 Å². The summed E-state index contributed by atoms with van der Waals surface area (Å²) in [6.45, 7) is 0. The third-order valence-electron chi connectivity index (χ3n) is 2.64. The summed E-state index contributed by atoms with van der Waals surface area (Å²) < 4.78 is 65.0. The van der Waals surface area contributed by atoms with Crippen LogP contribution in [0.5, 0.6) is 0 Å². The molecule has 2 aromatic rings. The number of nitrogens with one attached hydrogen (secondary N) is 1. The van der Waals surface area contributed by atoms with Crippen molar-refractivity contribution in [3.63, 3.8) is 0 Å². The Morgan fingerprint density at radius 3 is 2.36 bits per heavy atom. The third-order valence-corrected chi connectivity index (χ3v) is 4.83. The Kier molecular flexibility index (Phi) is 4.74. The maximum Gasteiger partial charge on any atom is 0.416 e. The summed E-state index contributed by atoms with van der Waals surface area (Å²) in [5.74, 6) is 0. The van der Waals surface area contributed by atoms with Crippen LogP contribution in [0.3, 0.4) is 0 Å². The molecule has 2 rings (SSSR count). The maximum atomic E-state index is 12.7. The topological polar surface area (TPSA) is 46.2 Å². The van der Waals surface area contributed by atoms with E-state index in [1.165, 1.54) is 18.2 Å². The summed E-state index contributed by atoms with van der Waals surface area (Å²) in [5, 5.41) is -0.133. The zero-order valence-corrected chi connectivity index (χ0v) is 13.8. The van der Waals surface area contributed by atoms with Gasteiger partial charge < -0.3 is 0 Å². The number of hydrogen-bond donors (Lipinski definition) is 1. The molecule has 0 aliphatic heterocycles. The molecule has 0 atom stereocenters. The van der Waals surface area contributed by atoms with Crippen LogP contribution in [-0.2, 0) is 16.2 Å². The highest BCUT2D eigenvalue weighted by atomic mass is 79.9. The molecular weight excluding hydrogens is 407 g/mol. The van der Waals surface area contributed by atoms with Crippen molar-refractivity contribution in [3.05, 3.63) is 57.5 Å². The smallest absolute Gasteiger partial charge is 0.278 e. The Balaban J connectivity index is 2.42. The molecule has 0 radical (unpaired) electrons. The monoisotopic (exact) mass is 413 g/mol. The lowest BCUT2D eigenvalue weighted by Crippen LogP contribution is -2.14. The molecule has 3 nitrogen and oxygen atoms in total. The van der Waals surface area contributed by atoms with Gasteiger partial charge in [-0.1, -0.05) is 33.6 Å². The van der Waals surface area contributed by atoms with Crippen LogP contribution in [0, 0.1) is 0 Å². The van der Waals surface area contributed by atoms with Gasteiger partial charge in [0.15, 0.2) is 0 Å². The second-order valence-corrected chi connectivity index (χ2v) is 7.26. The summed E-state index contributed by atoms with van der Waals surface area (Å²) >= 11 is 8.89. The lowest BCUT2D eigenvalue weighted by atomic mass is 10.2. The molecule has 0 saturated carbocycles. The van der Waals surface area contributed by atoms with Crippen molar-refractivity contribution in [1.29, 1.82) is 0 Å². The number of hydrogen-bond acceptors (Lipinski definition) is 2. The highest BCUT2D eigenvalue weighted by Crippen LogP contribution is 2.34. The van der Waals surface area contributed by atoms with Gasteiger partial charge in [-0.05, 0) is 36.4 Å². The Bertz CT molecular complexity index is 809. The van der Waals surface area contributed by atoms with Crippen molar-refractivity contribution in [3.8, 4) is 0 Å². The summed E-state index contributed by atoms with van der Waals surface area (Å²) in [6, 6.07) is 8.17. The van der Waals surface area contributed by atoms with Crippen LogP contribution in [0.2, 0.25) is 5.02 Å². The molecule has 0 aliphatic rings. The van der Waals surface area contributed by atoms with Crippen LogP contribution in [0.25, 0.3) is 0 Å². The Morgan fingerprint density at radius 1 is 1.09 bits per heavy atom. The Morgan fingerprint density at radius 2 is 1.77 bits per heavy atom. The standard InChI is InChI=1S/C13H8BrClF3NO2S/c14-9-2-1-3-10(7-9)22(20,21)19-12-6-8(13(16,17)18)4-5-11(12)15/h1-7,19H. The predicted molar refractivity (Wildman–Crippen MR) is 81.4 cm³/mol. The van der Waals surface area contributed by atoms with Crippen LogP contribution in [0.4, 0.5) is 18.9 Å². The van der Waals surface area contributed by atoms with Gasteiger partial charge in [-0.25, -0.2) is 8.42 Å². The Hall–Kier alpha value is -1.25. The summed E-state index contributed by atoms with van der Waals surface area (Å²) in [4.78, 5) is -0.102. The van der Waals surface area contributed by atoms with Gasteiger partial charge in [-0.3, -0.25) is 4.72 Å². The highest BCUT2D eigenvalue weighted by molar-refractivity contribution is 9.10. The first-order valence-electron chi connectivity index (χ1n) is 5.75. The number of anilines is 1. The average Bonchev–Trinajstić information content (AvgIpc) is 2.40. The number of halogens is 5. The minimum Gasteiger partial charge on any atom is -0.278 e. The zero-order valence-electron chi connectivity index (χ0n) is 10.7. The lowest BCUT2D eigenvalue weighted by Gasteiger charge is -2.13. The molecule has 0 amide bonds. The van der Waals surface area contributed by atoms with Gasteiger partial charge >= 0.3 is 6.18 Å². The molecule has 0 bridgehead atoms. The van der Waals surface area contributed by atoms with E-state index in [-0.39, 0.29) is 15.6 Å². The molecule has 0 heterocycles. The fourth-order valence-electron chi connectivity index (χ4n) is 1.62. The van der Waals surface area contributed by atoms with Gasteiger partial charge in [0, 0.05) is 4.47 Å². The van der Waals surface area contributed by atoms with Gasteiger partial charge in [0.2, 0.25) is 0 Å². The molecular formula is C13H8BrClF3NO2S. The number of sulfonamides is 1. The molecule has 1 N–H and O–H groups in total. The van der Waals surface area contributed by atoms with Gasteiger partial charge in [-0.15, -0.1) is 0 Å². The molecule has 118 valence electrons. The minimum absolute atomic E-state index is 0.102. The second-order valence-electron chi connectivity index (χ2n) is 4.26. The van der Waals surface area contributed by atoms with E-state index in [0.29, 0.717) is 10.5 Å². The van der Waals surface area contributed by atoms with E-state index in [4.69, 9.17) is 11.6 Å². The molecule has 0 unspecified atom stereocenters. The lowest BCUT2D eigenvalue weighted by molar-refractivity contribution is -0.137. The van der Waals surface area contributed by atoms with Crippen molar-refractivity contribution >= 4 is 43.2 Å². The first-order chi connectivity index (χ1) is 10.1. The molecule has 0 saturated heterocycles. The first-order valence-corrected chi connectivity index (χ1v) is 8.40. The molecule has 0 spiro atoms. The molecule has 2 aromatic carbocycles. The first kappa shape index (κ1) is 17.1. The number of alkyl halides is 3. The van der Waals surface area contributed by atoms with Crippen LogP contribution < -0.4 is 4.72 Å². The van der Waals surface area contributed by atoms with Crippen LogP contribution in [0.1, 0.15) is 5.56 Å². The van der Waals surface area contributed by atoms with Crippen LogP contribution in [0.15, 0.2) is 51.8 Å². The number of benzene rings is 2. The molecule has 0 fully saturated rings.